The summed E-state index contributed by atoms with van der Waals surface area (Å²) in [5.74, 6) is -2.08. The molecule has 6 heteroatoms. The van der Waals surface area contributed by atoms with Crippen LogP contribution in [0.5, 0.6) is 0 Å². The minimum atomic E-state index is -0.708. The van der Waals surface area contributed by atoms with Crippen molar-refractivity contribution in [3.8, 4) is 0 Å². The van der Waals surface area contributed by atoms with E-state index in [1.54, 1.807) is 26.0 Å². The first kappa shape index (κ1) is 21.4. The van der Waals surface area contributed by atoms with E-state index in [1.165, 1.54) is 12.1 Å². The lowest BCUT2D eigenvalue weighted by Crippen LogP contribution is -2.38. The van der Waals surface area contributed by atoms with E-state index in [4.69, 9.17) is 21.3 Å². The van der Waals surface area contributed by atoms with E-state index in [0.717, 1.165) is 5.56 Å². The van der Waals surface area contributed by atoms with Crippen LogP contribution in [0.15, 0.2) is 64.8 Å². The second-order valence-electron chi connectivity index (χ2n) is 7.95. The quantitative estimate of drug-likeness (QED) is 0.581. The summed E-state index contributed by atoms with van der Waals surface area (Å²) in [7, 11) is 0. The number of allylic oxidation sites excluding steroid dienone is 2. The highest BCUT2D eigenvalue weighted by Gasteiger charge is 2.44. The number of ketones is 1. The molecule has 0 spiro atoms. The highest BCUT2D eigenvalue weighted by Crippen LogP contribution is 2.46. The van der Waals surface area contributed by atoms with Gasteiger partial charge in [0, 0.05) is 34.3 Å². The highest BCUT2D eigenvalue weighted by atomic mass is 35.5. The average Bonchev–Trinajstić information content (AvgIpc) is 2.74. The topological polar surface area (TPSA) is 55.7 Å². The first-order valence-corrected chi connectivity index (χ1v) is 10.8. The Labute approximate surface area is 185 Å². The molecule has 0 saturated carbocycles. The van der Waals surface area contributed by atoms with Gasteiger partial charge in [-0.3, -0.25) is 14.6 Å². The molecule has 1 aliphatic heterocycles. The zero-order chi connectivity index (χ0) is 22.1. The fraction of sp³-hybridized carbons (Fsp3) is 0.320. The lowest BCUT2D eigenvalue weighted by Gasteiger charge is -2.36. The number of hydrogen-bond donors (Lipinski definition) is 0. The van der Waals surface area contributed by atoms with E-state index >= 15 is 0 Å². The third kappa shape index (κ3) is 4.19. The molecule has 0 fully saturated rings. The van der Waals surface area contributed by atoms with Crippen LogP contribution in [0.25, 0.3) is 0 Å². The Morgan fingerprint density at radius 3 is 2.39 bits per heavy atom. The van der Waals surface area contributed by atoms with Gasteiger partial charge in [-0.25, -0.2) is 4.39 Å². The van der Waals surface area contributed by atoms with E-state index in [0.29, 0.717) is 40.4 Å². The second-order valence-corrected chi connectivity index (χ2v) is 8.39. The first-order valence-electron chi connectivity index (χ1n) is 10.4. The van der Waals surface area contributed by atoms with Gasteiger partial charge in [0.25, 0.3) is 0 Å². The number of esters is 1. The van der Waals surface area contributed by atoms with E-state index in [1.807, 2.05) is 24.3 Å². The predicted octanol–water partition coefficient (Wildman–Crippen LogP) is 5.62. The molecule has 0 amide bonds. The predicted molar refractivity (Wildman–Crippen MR) is 118 cm³/mol. The summed E-state index contributed by atoms with van der Waals surface area (Å²) in [6, 6.07) is 13.5. The summed E-state index contributed by atoms with van der Waals surface area (Å²) in [6.45, 7) is 3.77. The molecule has 0 bridgehead atoms. The van der Waals surface area contributed by atoms with E-state index in [9.17, 15) is 14.0 Å². The van der Waals surface area contributed by atoms with Crippen LogP contribution < -0.4 is 0 Å². The number of nitrogens with zero attached hydrogens (tertiary/aromatic N) is 1. The SMILES string of the molecule is CCOC(=O)C1C(C)=NC2=C(C(=O)C[C@@H](c3ccc(Cl)cc3)C2)[C@H]1c1ccc(F)cc1. The van der Waals surface area contributed by atoms with Crippen molar-refractivity contribution in [2.75, 3.05) is 6.61 Å². The number of rotatable bonds is 4. The molecule has 0 N–H and O–H groups in total. The normalized spacial score (nSPS) is 23.3. The Hall–Kier alpha value is -2.79. The highest BCUT2D eigenvalue weighted by molar-refractivity contribution is 6.30. The van der Waals surface area contributed by atoms with Crippen LogP contribution in [0.2, 0.25) is 5.02 Å². The smallest absolute Gasteiger partial charge is 0.315 e. The summed E-state index contributed by atoms with van der Waals surface area (Å²) in [5.41, 5.74) is 3.59. The minimum Gasteiger partial charge on any atom is -0.465 e. The van der Waals surface area contributed by atoms with Crippen molar-refractivity contribution in [2.45, 2.75) is 38.5 Å². The number of Topliss-reactive ketones (excluding diaryl/α,β-unsaturated/α-hetero) is 1. The molecule has 1 heterocycles. The standard InChI is InChI=1S/C25H23ClFNO3/c1-3-31-25(30)22-14(2)28-20-12-17(15-4-8-18(26)9-5-15)13-21(29)24(20)23(22)16-6-10-19(27)11-7-16/h4-11,17,22-23H,3,12-13H2,1-2H3/t17-,22?,23-/m0/s1. The van der Waals surface area contributed by atoms with Gasteiger partial charge in [0.2, 0.25) is 0 Å². The van der Waals surface area contributed by atoms with Crippen LogP contribution in [0, 0.1) is 11.7 Å². The fourth-order valence-corrected chi connectivity index (χ4v) is 4.72. The Morgan fingerprint density at radius 1 is 1.10 bits per heavy atom. The van der Waals surface area contributed by atoms with Gasteiger partial charge in [-0.2, -0.15) is 0 Å². The number of hydrogen-bond acceptors (Lipinski definition) is 4. The summed E-state index contributed by atoms with van der Waals surface area (Å²) in [4.78, 5) is 30.9. The number of carbonyl (C=O) groups excluding carboxylic acids is 2. The first-order chi connectivity index (χ1) is 14.9. The second kappa shape index (κ2) is 8.75. The van der Waals surface area contributed by atoms with Crippen molar-refractivity contribution in [1.82, 2.24) is 0 Å². The summed E-state index contributed by atoms with van der Waals surface area (Å²) < 4.78 is 18.9. The van der Waals surface area contributed by atoms with Crippen LogP contribution in [0.3, 0.4) is 0 Å². The number of aliphatic imine (C=N–C) groups is 1. The monoisotopic (exact) mass is 439 g/mol. The number of halogens is 2. The van der Waals surface area contributed by atoms with E-state index < -0.39 is 17.8 Å². The van der Waals surface area contributed by atoms with Crippen molar-refractivity contribution in [2.24, 2.45) is 10.9 Å². The number of benzene rings is 2. The summed E-state index contributed by atoms with van der Waals surface area (Å²) in [5, 5.41) is 0.644. The van der Waals surface area contributed by atoms with Crippen molar-refractivity contribution < 1.29 is 18.7 Å². The van der Waals surface area contributed by atoms with E-state index in [2.05, 4.69) is 0 Å². The van der Waals surface area contributed by atoms with Crippen LogP contribution >= 0.6 is 11.6 Å². The van der Waals surface area contributed by atoms with Crippen molar-refractivity contribution in [1.29, 1.82) is 0 Å². The summed E-state index contributed by atoms with van der Waals surface area (Å²) >= 11 is 6.01. The maximum atomic E-state index is 13.6. The molecular weight excluding hydrogens is 417 g/mol. The average molecular weight is 440 g/mol. The van der Waals surface area contributed by atoms with Gasteiger partial charge in [0.1, 0.15) is 11.7 Å². The van der Waals surface area contributed by atoms with Crippen LogP contribution in [0.4, 0.5) is 4.39 Å². The Morgan fingerprint density at radius 2 is 1.74 bits per heavy atom. The lowest BCUT2D eigenvalue weighted by atomic mass is 9.69. The Kier molecular flexibility index (Phi) is 6.05. The maximum Gasteiger partial charge on any atom is 0.315 e. The third-order valence-electron chi connectivity index (χ3n) is 6.00. The number of ether oxygens (including phenoxy) is 1. The van der Waals surface area contributed by atoms with Gasteiger partial charge in [-0.05, 0) is 61.6 Å². The van der Waals surface area contributed by atoms with Gasteiger partial charge in [0.05, 0.1) is 6.61 Å². The molecule has 0 saturated heterocycles. The molecule has 0 aromatic heterocycles. The maximum absolute atomic E-state index is 13.6. The van der Waals surface area contributed by atoms with Crippen molar-refractivity contribution in [3.05, 3.63) is 81.8 Å². The molecular formula is C25H23ClFNO3. The largest absolute Gasteiger partial charge is 0.465 e. The molecule has 2 aromatic carbocycles. The zero-order valence-corrected chi connectivity index (χ0v) is 18.2. The molecule has 3 atom stereocenters. The van der Waals surface area contributed by atoms with Gasteiger partial charge < -0.3 is 4.74 Å². The molecule has 4 rings (SSSR count). The van der Waals surface area contributed by atoms with E-state index in [-0.39, 0.29) is 24.1 Å². The van der Waals surface area contributed by atoms with Gasteiger partial charge in [-0.15, -0.1) is 0 Å². The molecule has 31 heavy (non-hydrogen) atoms. The molecule has 1 aliphatic carbocycles. The lowest BCUT2D eigenvalue weighted by molar-refractivity contribution is -0.146. The molecule has 1 unspecified atom stereocenters. The van der Waals surface area contributed by atoms with Gasteiger partial charge in [-0.1, -0.05) is 35.9 Å². The third-order valence-corrected chi connectivity index (χ3v) is 6.25. The molecule has 2 aromatic rings. The molecule has 160 valence electrons. The summed E-state index contributed by atoms with van der Waals surface area (Å²) in [6.07, 6.45) is 0.912. The zero-order valence-electron chi connectivity index (χ0n) is 17.4. The molecule has 0 radical (unpaired) electrons. The Bertz CT molecular complexity index is 1070. The van der Waals surface area contributed by atoms with Crippen LogP contribution in [-0.4, -0.2) is 24.1 Å². The minimum absolute atomic E-state index is 0.00641. The van der Waals surface area contributed by atoms with Crippen LogP contribution in [0.1, 0.15) is 49.7 Å². The van der Waals surface area contributed by atoms with Crippen molar-refractivity contribution >= 4 is 29.1 Å². The molecule has 2 aliphatic rings. The molecule has 4 nitrogen and oxygen atoms in total. The number of carbonyl (C=O) groups is 2. The fourth-order valence-electron chi connectivity index (χ4n) is 4.60. The van der Waals surface area contributed by atoms with Gasteiger partial charge >= 0.3 is 5.97 Å². The van der Waals surface area contributed by atoms with Crippen molar-refractivity contribution in [3.63, 3.8) is 0 Å². The Balaban J connectivity index is 1.78. The van der Waals surface area contributed by atoms with Crippen LogP contribution in [-0.2, 0) is 14.3 Å². The van der Waals surface area contributed by atoms with Gasteiger partial charge in [0.15, 0.2) is 5.78 Å².